The highest BCUT2D eigenvalue weighted by atomic mass is 19.1. The van der Waals surface area contributed by atoms with Crippen molar-refractivity contribution >= 4 is 0 Å². The summed E-state index contributed by atoms with van der Waals surface area (Å²) < 4.78 is 22.6. The van der Waals surface area contributed by atoms with Gasteiger partial charge >= 0.3 is 0 Å². The molecule has 0 bridgehead atoms. The third-order valence-corrected chi connectivity index (χ3v) is 2.35. The van der Waals surface area contributed by atoms with Crippen molar-refractivity contribution in [3.05, 3.63) is 23.8 Å². The Kier molecular flexibility index (Phi) is 6.40. The van der Waals surface area contributed by atoms with Crippen molar-refractivity contribution in [2.75, 3.05) is 26.9 Å². The van der Waals surface area contributed by atoms with Gasteiger partial charge in [-0.1, -0.05) is 13.0 Å². The van der Waals surface area contributed by atoms with Crippen molar-refractivity contribution in [2.24, 2.45) is 0 Å². The number of nitrogens with one attached hydrogen (secondary N) is 1. The molecule has 1 N–H and O–H groups in total. The van der Waals surface area contributed by atoms with E-state index in [0.29, 0.717) is 5.75 Å². The fourth-order valence-electron chi connectivity index (χ4n) is 1.49. The third kappa shape index (κ3) is 4.61. The lowest BCUT2D eigenvalue weighted by Gasteiger charge is -2.12. The summed E-state index contributed by atoms with van der Waals surface area (Å²) in [5, 5.41) is 3.29. The van der Waals surface area contributed by atoms with Crippen molar-refractivity contribution in [1.82, 2.24) is 5.32 Å². The van der Waals surface area contributed by atoms with E-state index in [1.807, 2.05) is 12.1 Å². The van der Waals surface area contributed by atoms with E-state index in [4.69, 9.17) is 9.47 Å². The molecule has 3 nitrogen and oxygen atoms in total. The zero-order chi connectivity index (χ0) is 12.5. The quantitative estimate of drug-likeness (QED) is 0.709. The molecule has 96 valence electrons. The summed E-state index contributed by atoms with van der Waals surface area (Å²) in [7, 11) is 1.60. The normalized spacial score (nSPS) is 10.3. The summed E-state index contributed by atoms with van der Waals surface area (Å²) in [6, 6.07) is 5.61. The first-order valence-electron chi connectivity index (χ1n) is 5.88. The van der Waals surface area contributed by atoms with Crippen LogP contribution in [0.2, 0.25) is 0 Å². The van der Waals surface area contributed by atoms with Gasteiger partial charge in [-0.2, -0.15) is 0 Å². The molecule has 0 spiro atoms. The van der Waals surface area contributed by atoms with Crippen molar-refractivity contribution in [1.29, 1.82) is 0 Å². The first kappa shape index (κ1) is 13.8. The molecule has 0 unspecified atom stereocenters. The van der Waals surface area contributed by atoms with E-state index in [-0.39, 0.29) is 6.61 Å². The van der Waals surface area contributed by atoms with Crippen molar-refractivity contribution < 1.29 is 13.9 Å². The molecule has 0 atom stereocenters. The van der Waals surface area contributed by atoms with Gasteiger partial charge in [0.2, 0.25) is 0 Å². The fraction of sp³-hybridized carbons (Fsp3) is 0.538. The Balaban J connectivity index is 2.71. The molecule has 1 aromatic carbocycles. The second kappa shape index (κ2) is 7.90. The van der Waals surface area contributed by atoms with Gasteiger partial charge in [0.05, 0.1) is 7.11 Å². The lowest BCUT2D eigenvalue weighted by molar-refractivity contribution is 0.269. The van der Waals surface area contributed by atoms with Crippen molar-refractivity contribution in [2.45, 2.75) is 19.9 Å². The molecule has 0 heterocycles. The zero-order valence-corrected chi connectivity index (χ0v) is 10.5. The number of benzene rings is 1. The highest BCUT2D eigenvalue weighted by Gasteiger charge is 2.05. The van der Waals surface area contributed by atoms with Gasteiger partial charge in [-0.25, -0.2) is 4.39 Å². The molecular formula is C13H20FNO2. The van der Waals surface area contributed by atoms with Gasteiger partial charge in [0.25, 0.3) is 0 Å². The molecule has 1 aromatic rings. The van der Waals surface area contributed by atoms with Gasteiger partial charge in [-0.3, -0.25) is 0 Å². The fourth-order valence-corrected chi connectivity index (χ4v) is 1.49. The van der Waals surface area contributed by atoms with Crippen LogP contribution in [0.4, 0.5) is 4.39 Å². The predicted molar refractivity (Wildman–Crippen MR) is 66.5 cm³/mol. The van der Waals surface area contributed by atoms with E-state index in [2.05, 4.69) is 12.2 Å². The lowest BCUT2D eigenvalue weighted by atomic mass is 10.2. The summed E-state index contributed by atoms with van der Waals surface area (Å²) in [6.45, 7) is 3.38. The molecule has 0 aromatic heterocycles. The van der Waals surface area contributed by atoms with Crippen LogP contribution in [0.5, 0.6) is 11.5 Å². The van der Waals surface area contributed by atoms with Crippen LogP contribution in [0.1, 0.15) is 18.9 Å². The Hall–Kier alpha value is -1.29. The molecule has 0 aliphatic heterocycles. The average molecular weight is 241 g/mol. The second-order valence-electron chi connectivity index (χ2n) is 3.69. The standard InChI is InChI=1S/C13H20FNO2/c1-3-7-15-10-11-4-5-12(16-2)9-13(11)17-8-6-14/h4-5,9,15H,3,6-8,10H2,1-2H3. The minimum absolute atomic E-state index is 0.0773. The number of ether oxygens (including phenoxy) is 2. The van der Waals surface area contributed by atoms with E-state index in [1.165, 1.54) is 0 Å². The largest absolute Gasteiger partial charge is 0.497 e. The summed E-state index contributed by atoms with van der Waals surface area (Å²) in [5.41, 5.74) is 1.02. The minimum atomic E-state index is -0.487. The Morgan fingerprint density at radius 1 is 1.35 bits per heavy atom. The minimum Gasteiger partial charge on any atom is -0.497 e. The highest BCUT2D eigenvalue weighted by molar-refractivity contribution is 5.40. The number of alkyl halides is 1. The van der Waals surface area contributed by atoms with E-state index in [0.717, 1.165) is 30.8 Å². The molecule has 4 heteroatoms. The van der Waals surface area contributed by atoms with Crippen LogP contribution >= 0.6 is 0 Å². The molecule has 0 aliphatic rings. The predicted octanol–water partition coefficient (Wildman–Crippen LogP) is 2.54. The summed E-state index contributed by atoms with van der Waals surface area (Å²) >= 11 is 0. The summed E-state index contributed by atoms with van der Waals surface area (Å²) in [5.74, 6) is 1.41. The van der Waals surface area contributed by atoms with Gasteiger partial charge in [-0.05, 0) is 19.0 Å². The SMILES string of the molecule is CCCNCc1ccc(OC)cc1OCCF. The summed E-state index contributed by atoms with van der Waals surface area (Å²) in [4.78, 5) is 0. The smallest absolute Gasteiger partial charge is 0.127 e. The van der Waals surface area contributed by atoms with Crippen molar-refractivity contribution in [3.63, 3.8) is 0 Å². The zero-order valence-electron chi connectivity index (χ0n) is 10.5. The van der Waals surface area contributed by atoms with Gasteiger partial charge in [0.1, 0.15) is 24.8 Å². The molecule has 17 heavy (non-hydrogen) atoms. The maximum absolute atomic E-state index is 12.1. The Morgan fingerprint density at radius 3 is 2.82 bits per heavy atom. The van der Waals surface area contributed by atoms with E-state index < -0.39 is 6.67 Å². The van der Waals surface area contributed by atoms with Crippen LogP contribution in [0.25, 0.3) is 0 Å². The topological polar surface area (TPSA) is 30.5 Å². The maximum atomic E-state index is 12.1. The van der Waals surface area contributed by atoms with Gasteiger partial charge in [0.15, 0.2) is 0 Å². The molecule has 0 amide bonds. The molecule has 0 saturated heterocycles. The van der Waals surface area contributed by atoms with Gasteiger partial charge in [-0.15, -0.1) is 0 Å². The van der Waals surface area contributed by atoms with Crippen LogP contribution in [0, 0.1) is 0 Å². The molecule has 0 aliphatic carbocycles. The van der Waals surface area contributed by atoms with Crippen LogP contribution < -0.4 is 14.8 Å². The van der Waals surface area contributed by atoms with E-state index in [1.54, 1.807) is 13.2 Å². The van der Waals surface area contributed by atoms with E-state index in [9.17, 15) is 4.39 Å². The van der Waals surface area contributed by atoms with Crippen LogP contribution in [0.3, 0.4) is 0 Å². The van der Waals surface area contributed by atoms with Crippen LogP contribution in [0.15, 0.2) is 18.2 Å². The third-order valence-electron chi connectivity index (χ3n) is 2.35. The lowest BCUT2D eigenvalue weighted by Crippen LogP contribution is -2.15. The average Bonchev–Trinajstić information content (AvgIpc) is 2.37. The van der Waals surface area contributed by atoms with Crippen LogP contribution in [-0.2, 0) is 6.54 Å². The summed E-state index contributed by atoms with van der Waals surface area (Å²) in [6.07, 6.45) is 1.08. The molecule has 0 fully saturated rings. The molecule has 0 saturated carbocycles. The highest BCUT2D eigenvalue weighted by Crippen LogP contribution is 2.24. The Bertz CT molecular complexity index is 331. The molecule has 1 rings (SSSR count). The maximum Gasteiger partial charge on any atom is 0.127 e. The number of halogens is 1. The van der Waals surface area contributed by atoms with E-state index >= 15 is 0 Å². The second-order valence-corrected chi connectivity index (χ2v) is 3.69. The number of rotatable bonds is 8. The van der Waals surface area contributed by atoms with Gasteiger partial charge in [0, 0.05) is 18.2 Å². The number of hydrogen-bond acceptors (Lipinski definition) is 3. The van der Waals surface area contributed by atoms with Gasteiger partial charge < -0.3 is 14.8 Å². The molecule has 0 radical (unpaired) electrons. The van der Waals surface area contributed by atoms with Crippen LogP contribution in [-0.4, -0.2) is 26.9 Å². The molecular weight excluding hydrogens is 221 g/mol. The Labute approximate surface area is 102 Å². The monoisotopic (exact) mass is 241 g/mol. The van der Waals surface area contributed by atoms with Crippen molar-refractivity contribution in [3.8, 4) is 11.5 Å². The number of hydrogen-bond donors (Lipinski definition) is 1. The first-order chi connectivity index (χ1) is 8.31. The number of methoxy groups -OCH3 is 1. The first-order valence-corrected chi connectivity index (χ1v) is 5.88. The Morgan fingerprint density at radius 2 is 2.18 bits per heavy atom.